The van der Waals surface area contributed by atoms with Gasteiger partial charge in [-0.05, 0) is 62.8 Å². The molecule has 2 aliphatic rings. The lowest BCUT2D eigenvalue weighted by Crippen LogP contribution is -2.39. The summed E-state index contributed by atoms with van der Waals surface area (Å²) in [5, 5.41) is 10.8. The third-order valence-corrected chi connectivity index (χ3v) is 7.39. The first kappa shape index (κ1) is 25.6. The SMILES string of the molecule is Cc1cnc2[nH]c(-c3cnn(C)c3)cc2c1.Cc1ncc(C(=O)NCCN2CC3CCC2C3)cc1NC=O. The number of anilines is 1. The van der Waals surface area contributed by atoms with Gasteiger partial charge < -0.3 is 15.6 Å². The first-order valence-electron chi connectivity index (χ1n) is 13.0. The van der Waals surface area contributed by atoms with Crippen molar-refractivity contribution in [2.75, 3.05) is 25.0 Å². The predicted octanol–water partition coefficient (Wildman–Crippen LogP) is 3.44. The quantitative estimate of drug-likeness (QED) is 0.325. The predicted molar refractivity (Wildman–Crippen MR) is 147 cm³/mol. The van der Waals surface area contributed by atoms with E-state index in [0.29, 0.717) is 29.9 Å². The molecule has 3 N–H and O–H groups in total. The van der Waals surface area contributed by atoms with Gasteiger partial charge >= 0.3 is 0 Å². The van der Waals surface area contributed by atoms with E-state index >= 15 is 0 Å². The van der Waals surface area contributed by atoms with Crippen LogP contribution in [-0.2, 0) is 11.8 Å². The van der Waals surface area contributed by atoms with Crippen LogP contribution in [0.4, 0.5) is 5.69 Å². The van der Waals surface area contributed by atoms with Crippen LogP contribution in [0.15, 0.2) is 43.0 Å². The number of amides is 2. The number of likely N-dealkylation sites (tertiary alicyclic amines) is 1. The van der Waals surface area contributed by atoms with E-state index in [1.54, 1.807) is 23.9 Å². The van der Waals surface area contributed by atoms with Crippen molar-refractivity contribution < 1.29 is 9.59 Å². The van der Waals surface area contributed by atoms with Gasteiger partial charge in [0, 0.05) is 62.3 Å². The number of rotatable bonds is 7. The summed E-state index contributed by atoms with van der Waals surface area (Å²) in [5.41, 5.74) is 5.96. The van der Waals surface area contributed by atoms with Gasteiger partial charge in [-0.3, -0.25) is 24.2 Å². The Bertz CT molecular complexity index is 1440. The molecular weight excluding hydrogens is 480 g/mol. The number of aromatic nitrogens is 5. The number of piperidine rings is 1. The van der Waals surface area contributed by atoms with Gasteiger partial charge in [-0.1, -0.05) is 0 Å². The number of pyridine rings is 2. The van der Waals surface area contributed by atoms with E-state index < -0.39 is 0 Å². The molecule has 2 atom stereocenters. The van der Waals surface area contributed by atoms with Crippen LogP contribution in [0.5, 0.6) is 0 Å². The summed E-state index contributed by atoms with van der Waals surface area (Å²) in [7, 11) is 1.91. The van der Waals surface area contributed by atoms with Crippen molar-refractivity contribution in [2.45, 2.75) is 39.2 Å². The van der Waals surface area contributed by atoms with E-state index in [1.165, 1.54) is 31.4 Å². The standard InChI is InChI=1S/C16H22N4O2.C12H12N4/c1-11-15(19-10-21)7-13(8-18-11)16(22)17-4-5-20-9-12-2-3-14(20)6-12;1-8-3-9-4-11(15-12(9)13-5-8)10-6-14-16(2)7-10/h7-8,10,12,14H,2-6,9H2,1H3,(H,17,22)(H,19,21);3-7H,1-2H3,(H,13,15). The molecule has 1 aliphatic carbocycles. The first-order valence-corrected chi connectivity index (χ1v) is 13.0. The maximum atomic E-state index is 12.2. The van der Waals surface area contributed by atoms with Crippen LogP contribution < -0.4 is 10.6 Å². The van der Waals surface area contributed by atoms with Gasteiger partial charge in [0.1, 0.15) is 5.65 Å². The van der Waals surface area contributed by atoms with E-state index in [0.717, 1.165) is 40.8 Å². The largest absolute Gasteiger partial charge is 0.351 e. The molecule has 10 nitrogen and oxygen atoms in total. The van der Waals surface area contributed by atoms with Gasteiger partial charge in [-0.2, -0.15) is 5.10 Å². The minimum atomic E-state index is -0.147. The fraction of sp³-hybridized carbons (Fsp3) is 0.393. The van der Waals surface area contributed by atoms with Gasteiger partial charge in [-0.15, -0.1) is 0 Å². The maximum absolute atomic E-state index is 12.2. The monoisotopic (exact) mass is 514 g/mol. The van der Waals surface area contributed by atoms with Gasteiger partial charge in [0.2, 0.25) is 6.41 Å². The number of fused-ring (bicyclic) bond motifs is 3. The zero-order chi connectivity index (χ0) is 26.6. The zero-order valence-corrected chi connectivity index (χ0v) is 22.1. The molecule has 2 amide bonds. The van der Waals surface area contributed by atoms with E-state index in [1.807, 2.05) is 32.6 Å². The van der Waals surface area contributed by atoms with Gasteiger partial charge in [0.25, 0.3) is 5.91 Å². The first-order chi connectivity index (χ1) is 18.4. The fourth-order valence-electron chi connectivity index (χ4n) is 5.42. The van der Waals surface area contributed by atoms with Crippen molar-refractivity contribution in [3.05, 3.63) is 59.8 Å². The summed E-state index contributed by atoms with van der Waals surface area (Å²) in [5.74, 6) is 0.727. The Kier molecular flexibility index (Phi) is 7.50. The molecule has 1 aliphatic heterocycles. The zero-order valence-electron chi connectivity index (χ0n) is 22.1. The fourth-order valence-corrected chi connectivity index (χ4v) is 5.42. The average Bonchev–Trinajstić information content (AvgIpc) is 3.70. The average molecular weight is 515 g/mol. The molecule has 0 aromatic carbocycles. The summed E-state index contributed by atoms with van der Waals surface area (Å²) < 4.78 is 1.79. The molecule has 1 saturated heterocycles. The number of nitrogens with one attached hydrogen (secondary N) is 3. The Hall–Kier alpha value is -4.05. The number of hydrogen-bond acceptors (Lipinski definition) is 6. The molecule has 1 saturated carbocycles. The number of hydrogen-bond donors (Lipinski definition) is 3. The molecule has 2 unspecified atom stereocenters. The number of aryl methyl sites for hydroxylation is 3. The van der Waals surface area contributed by atoms with Gasteiger partial charge in [-0.25, -0.2) is 4.98 Å². The number of aromatic amines is 1. The van der Waals surface area contributed by atoms with Crippen LogP contribution in [0.3, 0.4) is 0 Å². The minimum absolute atomic E-state index is 0.147. The van der Waals surface area contributed by atoms with Crippen LogP contribution in [0.25, 0.3) is 22.3 Å². The molecule has 2 bridgehead atoms. The van der Waals surface area contributed by atoms with Crippen molar-refractivity contribution in [1.29, 1.82) is 0 Å². The van der Waals surface area contributed by atoms with Gasteiger partial charge in [0.05, 0.1) is 28.8 Å². The normalized spacial score (nSPS) is 18.3. The van der Waals surface area contributed by atoms with E-state index in [4.69, 9.17) is 0 Å². The number of nitrogens with zero attached hydrogens (tertiary/aromatic N) is 5. The lowest BCUT2D eigenvalue weighted by Gasteiger charge is -2.26. The number of carbonyl (C=O) groups is 2. The third kappa shape index (κ3) is 5.75. The molecular formula is C28H34N8O2. The summed E-state index contributed by atoms with van der Waals surface area (Å²) in [6.45, 7) is 6.57. The third-order valence-electron chi connectivity index (χ3n) is 7.39. The van der Waals surface area contributed by atoms with Crippen LogP contribution in [0, 0.1) is 19.8 Å². The molecule has 5 heterocycles. The highest BCUT2D eigenvalue weighted by molar-refractivity contribution is 5.95. The molecule has 4 aromatic rings. The Balaban J connectivity index is 0.000000162. The van der Waals surface area contributed by atoms with Crippen molar-refractivity contribution in [3.63, 3.8) is 0 Å². The van der Waals surface area contributed by atoms with Crippen LogP contribution in [0.2, 0.25) is 0 Å². The molecule has 4 aromatic heterocycles. The van der Waals surface area contributed by atoms with Crippen molar-refractivity contribution in [1.82, 2.24) is 34.9 Å². The molecule has 10 heteroatoms. The lowest BCUT2D eigenvalue weighted by atomic mass is 10.1. The highest BCUT2D eigenvalue weighted by Gasteiger charge is 2.37. The second-order valence-electron chi connectivity index (χ2n) is 10.2. The topological polar surface area (TPSA) is 121 Å². The second kappa shape index (κ2) is 11.1. The van der Waals surface area contributed by atoms with E-state index in [-0.39, 0.29) is 5.91 Å². The van der Waals surface area contributed by atoms with Crippen molar-refractivity contribution in [3.8, 4) is 11.3 Å². The Morgan fingerprint density at radius 1 is 1.16 bits per heavy atom. The number of H-pyrrole nitrogens is 1. The highest BCUT2D eigenvalue weighted by Crippen LogP contribution is 2.36. The van der Waals surface area contributed by atoms with Crippen LogP contribution >= 0.6 is 0 Å². The summed E-state index contributed by atoms with van der Waals surface area (Å²) in [6.07, 6.45) is 11.8. The van der Waals surface area contributed by atoms with E-state index in [2.05, 4.69) is 47.7 Å². The molecule has 6 rings (SSSR count). The smallest absolute Gasteiger partial charge is 0.252 e. The van der Waals surface area contributed by atoms with Crippen LogP contribution in [0.1, 0.15) is 40.9 Å². The summed E-state index contributed by atoms with van der Waals surface area (Å²) >= 11 is 0. The van der Waals surface area contributed by atoms with Gasteiger partial charge in [0.15, 0.2) is 0 Å². The Labute approximate surface area is 221 Å². The summed E-state index contributed by atoms with van der Waals surface area (Å²) in [6, 6.07) is 6.61. The maximum Gasteiger partial charge on any atom is 0.252 e. The Morgan fingerprint density at radius 2 is 2.03 bits per heavy atom. The lowest BCUT2D eigenvalue weighted by molar-refractivity contribution is -0.105. The molecule has 0 spiro atoms. The molecule has 198 valence electrons. The van der Waals surface area contributed by atoms with Crippen molar-refractivity contribution in [2.24, 2.45) is 13.0 Å². The molecule has 38 heavy (non-hydrogen) atoms. The Morgan fingerprint density at radius 3 is 2.74 bits per heavy atom. The summed E-state index contributed by atoms with van der Waals surface area (Å²) in [4.78, 5) is 37.0. The molecule has 2 fully saturated rings. The highest BCUT2D eigenvalue weighted by atomic mass is 16.1. The van der Waals surface area contributed by atoms with E-state index in [9.17, 15) is 9.59 Å². The second-order valence-corrected chi connectivity index (χ2v) is 10.2. The number of carbonyl (C=O) groups excluding carboxylic acids is 2. The van der Waals surface area contributed by atoms with Crippen LogP contribution in [-0.4, -0.2) is 67.6 Å². The van der Waals surface area contributed by atoms with Crippen molar-refractivity contribution >= 4 is 29.0 Å². The molecule has 0 radical (unpaired) electrons. The minimum Gasteiger partial charge on any atom is -0.351 e.